The standard InChI is InChI=1S/C16H27N4O4S/c1-15(2,3)24-14(21)18-11-16(12-18)5-7-19(8-6-16)25(22,23)20-10-9-17(4)13-20/h9-10,13H,5-8,11-12H2,1-4H3/q+1. The average Bonchev–Trinajstić information content (AvgIpc) is 2.90. The molecule has 0 radical (unpaired) electrons. The number of likely N-dealkylation sites (tertiary alicyclic amines) is 1. The second-order valence-corrected chi connectivity index (χ2v) is 9.99. The SMILES string of the molecule is C[n+]1ccn(S(=O)(=O)N2CCC3(CC2)CN(C(=O)OC(C)(C)C)C3)c1. The summed E-state index contributed by atoms with van der Waals surface area (Å²) >= 11 is 0. The molecule has 2 aliphatic rings. The van der Waals surface area contributed by atoms with Crippen LogP contribution in [0.3, 0.4) is 0 Å². The summed E-state index contributed by atoms with van der Waals surface area (Å²) < 4.78 is 35.1. The molecule has 25 heavy (non-hydrogen) atoms. The van der Waals surface area contributed by atoms with Crippen LogP contribution in [-0.4, -0.2) is 59.5 Å². The number of carbonyl (C=O) groups is 1. The first-order valence-corrected chi connectivity index (χ1v) is 9.92. The molecule has 0 N–H and O–H groups in total. The zero-order valence-electron chi connectivity index (χ0n) is 15.3. The van der Waals surface area contributed by atoms with Gasteiger partial charge in [-0.3, -0.25) is 0 Å². The smallest absolute Gasteiger partial charge is 0.410 e. The molecule has 0 saturated carbocycles. The van der Waals surface area contributed by atoms with Crippen molar-refractivity contribution < 1.29 is 22.5 Å². The molecule has 0 atom stereocenters. The van der Waals surface area contributed by atoms with Gasteiger partial charge in [0.25, 0.3) is 6.33 Å². The van der Waals surface area contributed by atoms with E-state index >= 15 is 0 Å². The highest BCUT2D eigenvalue weighted by atomic mass is 32.2. The fraction of sp³-hybridized carbons (Fsp3) is 0.750. The number of amides is 1. The van der Waals surface area contributed by atoms with Gasteiger partial charge in [-0.05, 0) is 33.6 Å². The van der Waals surface area contributed by atoms with Gasteiger partial charge < -0.3 is 9.64 Å². The molecule has 3 heterocycles. The number of aryl methyl sites for hydroxylation is 1. The van der Waals surface area contributed by atoms with Crippen LogP contribution in [0.5, 0.6) is 0 Å². The lowest BCUT2D eigenvalue weighted by Crippen LogP contribution is -2.62. The molecule has 0 aliphatic carbocycles. The second-order valence-electron chi connectivity index (χ2n) is 8.15. The number of aromatic nitrogens is 2. The van der Waals surface area contributed by atoms with Crippen molar-refractivity contribution in [1.29, 1.82) is 0 Å². The molecule has 1 aromatic rings. The van der Waals surface area contributed by atoms with Gasteiger partial charge in [0, 0.05) is 31.6 Å². The summed E-state index contributed by atoms with van der Waals surface area (Å²) in [5.41, 5.74) is -0.464. The number of imidazole rings is 1. The number of nitrogens with zero attached hydrogens (tertiary/aromatic N) is 4. The lowest BCUT2D eigenvalue weighted by molar-refractivity contribution is -0.670. The zero-order valence-corrected chi connectivity index (χ0v) is 16.1. The maximum absolute atomic E-state index is 12.6. The minimum Gasteiger partial charge on any atom is -0.444 e. The quantitative estimate of drug-likeness (QED) is 0.719. The van der Waals surface area contributed by atoms with Crippen molar-refractivity contribution in [2.45, 2.75) is 39.2 Å². The molecule has 2 fully saturated rings. The Morgan fingerprint density at radius 3 is 2.28 bits per heavy atom. The summed E-state index contributed by atoms with van der Waals surface area (Å²) in [5, 5.41) is 0. The molecule has 0 unspecified atom stereocenters. The van der Waals surface area contributed by atoms with E-state index in [-0.39, 0.29) is 11.5 Å². The predicted octanol–water partition coefficient (Wildman–Crippen LogP) is 0.738. The van der Waals surface area contributed by atoms with E-state index in [1.165, 1.54) is 8.28 Å². The average molecular weight is 371 g/mol. The number of hydrogen-bond donors (Lipinski definition) is 0. The largest absolute Gasteiger partial charge is 0.444 e. The second kappa shape index (κ2) is 5.98. The van der Waals surface area contributed by atoms with E-state index in [2.05, 4.69) is 0 Å². The molecule has 1 amide bonds. The van der Waals surface area contributed by atoms with Gasteiger partial charge in [-0.25, -0.2) is 9.36 Å². The summed E-state index contributed by atoms with van der Waals surface area (Å²) in [4.78, 5) is 13.8. The normalized spacial score (nSPS) is 21.2. The van der Waals surface area contributed by atoms with Crippen LogP contribution >= 0.6 is 0 Å². The molecule has 3 rings (SSSR count). The first-order valence-electron chi connectivity index (χ1n) is 8.53. The van der Waals surface area contributed by atoms with Gasteiger partial charge >= 0.3 is 16.3 Å². The van der Waals surface area contributed by atoms with E-state index in [1.54, 1.807) is 35.2 Å². The highest BCUT2D eigenvalue weighted by molar-refractivity contribution is 7.87. The number of hydrogen-bond acceptors (Lipinski definition) is 4. The van der Waals surface area contributed by atoms with Gasteiger partial charge in [-0.1, -0.05) is 0 Å². The molecule has 2 saturated heterocycles. The first-order chi connectivity index (χ1) is 11.5. The highest BCUT2D eigenvalue weighted by Gasteiger charge is 2.49. The first kappa shape index (κ1) is 18.2. The molecule has 0 aromatic carbocycles. The summed E-state index contributed by atoms with van der Waals surface area (Å²) in [6.07, 6.45) is 6.04. The molecule has 1 spiro atoms. The topological polar surface area (TPSA) is 75.7 Å². The van der Waals surface area contributed by atoms with Crippen molar-refractivity contribution in [2.75, 3.05) is 26.2 Å². The van der Waals surface area contributed by atoms with E-state index in [9.17, 15) is 13.2 Å². The molecule has 1 aromatic heterocycles. The molecule has 2 aliphatic heterocycles. The van der Waals surface area contributed by atoms with Crippen molar-refractivity contribution in [3.63, 3.8) is 0 Å². The van der Waals surface area contributed by atoms with Crippen molar-refractivity contribution in [3.05, 3.63) is 18.7 Å². The van der Waals surface area contributed by atoms with Gasteiger partial charge in [-0.15, -0.1) is 3.97 Å². The molecular weight excluding hydrogens is 344 g/mol. The van der Waals surface area contributed by atoms with Crippen LogP contribution in [0.2, 0.25) is 0 Å². The van der Waals surface area contributed by atoms with Gasteiger partial charge in [0.05, 0.1) is 7.05 Å². The number of piperidine rings is 1. The van der Waals surface area contributed by atoms with Crippen molar-refractivity contribution in [3.8, 4) is 0 Å². The van der Waals surface area contributed by atoms with E-state index in [4.69, 9.17) is 4.74 Å². The highest BCUT2D eigenvalue weighted by Crippen LogP contribution is 2.41. The Morgan fingerprint density at radius 1 is 1.20 bits per heavy atom. The summed E-state index contributed by atoms with van der Waals surface area (Å²) in [7, 11) is -1.72. The van der Waals surface area contributed by atoms with Crippen molar-refractivity contribution >= 4 is 16.3 Å². The monoisotopic (exact) mass is 371 g/mol. The van der Waals surface area contributed by atoms with Gasteiger partial charge in [-0.2, -0.15) is 12.7 Å². The maximum atomic E-state index is 12.6. The van der Waals surface area contributed by atoms with Gasteiger partial charge in [0.15, 0.2) is 0 Å². The zero-order chi connectivity index (χ0) is 18.5. The van der Waals surface area contributed by atoms with E-state index in [0.717, 1.165) is 12.8 Å². The van der Waals surface area contributed by atoms with Crippen LogP contribution in [0.15, 0.2) is 18.7 Å². The summed E-state index contributed by atoms with van der Waals surface area (Å²) in [5.74, 6) is 0. The minimum atomic E-state index is -3.51. The molecule has 9 heteroatoms. The number of ether oxygens (including phenoxy) is 1. The third-order valence-corrected chi connectivity index (χ3v) is 6.59. The fourth-order valence-electron chi connectivity index (χ4n) is 3.42. The lowest BCUT2D eigenvalue weighted by Gasteiger charge is -2.53. The Kier molecular flexibility index (Phi) is 4.35. The number of carbonyl (C=O) groups excluding carboxylic acids is 1. The van der Waals surface area contributed by atoms with E-state index in [1.807, 2.05) is 20.8 Å². The Labute approximate surface area is 149 Å². The van der Waals surface area contributed by atoms with Crippen LogP contribution in [0.25, 0.3) is 0 Å². The summed E-state index contributed by atoms with van der Waals surface area (Å²) in [6, 6.07) is 0. The fourth-order valence-corrected chi connectivity index (χ4v) is 4.81. The summed E-state index contributed by atoms with van der Waals surface area (Å²) in [6.45, 7) is 7.81. The Morgan fingerprint density at radius 2 is 1.80 bits per heavy atom. The van der Waals surface area contributed by atoms with Crippen LogP contribution in [0.1, 0.15) is 33.6 Å². The predicted molar refractivity (Wildman–Crippen MR) is 91.0 cm³/mol. The maximum Gasteiger partial charge on any atom is 0.410 e. The Hall–Kier alpha value is -1.61. The minimum absolute atomic E-state index is 0.0320. The van der Waals surface area contributed by atoms with E-state index in [0.29, 0.717) is 26.2 Å². The lowest BCUT2D eigenvalue weighted by atomic mass is 9.72. The van der Waals surface area contributed by atoms with Gasteiger partial charge in [0.1, 0.15) is 18.0 Å². The van der Waals surface area contributed by atoms with Crippen LogP contribution < -0.4 is 4.57 Å². The Bertz CT molecular complexity index is 749. The van der Waals surface area contributed by atoms with Crippen LogP contribution in [-0.2, 0) is 22.0 Å². The van der Waals surface area contributed by atoms with E-state index < -0.39 is 15.8 Å². The third kappa shape index (κ3) is 3.67. The molecule has 140 valence electrons. The van der Waals surface area contributed by atoms with Crippen LogP contribution in [0.4, 0.5) is 4.79 Å². The number of rotatable bonds is 2. The van der Waals surface area contributed by atoms with Crippen molar-refractivity contribution in [2.24, 2.45) is 12.5 Å². The van der Waals surface area contributed by atoms with Crippen LogP contribution in [0, 0.1) is 5.41 Å². The van der Waals surface area contributed by atoms with Gasteiger partial charge in [0.2, 0.25) is 0 Å². The molecular formula is C16H27N4O4S+. The molecule has 0 bridgehead atoms. The molecule has 8 nitrogen and oxygen atoms in total. The Balaban J connectivity index is 1.56. The van der Waals surface area contributed by atoms with Crippen molar-refractivity contribution in [1.82, 2.24) is 13.2 Å². The third-order valence-electron chi connectivity index (χ3n) is 4.82.